The Morgan fingerprint density at radius 1 is 1.50 bits per heavy atom. The zero-order valence-electron chi connectivity index (χ0n) is 10.8. The summed E-state index contributed by atoms with van der Waals surface area (Å²) >= 11 is 6.19. The normalized spacial score (nSPS) is 16.3. The van der Waals surface area contributed by atoms with Crippen molar-refractivity contribution in [1.29, 1.82) is 0 Å². The molecule has 1 aromatic carbocycles. The smallest absolute Gasteiger partial charge is 0.244 e. The molecular weight excluding hydrogens is 252 g/mol. The molecule has 4 nitrogen and oxygen atoms in total. The second kappa shape index (κ2) is 4.44. The molecule has 0 aromatic heterocycles. The lowest BCUT2D eigenvalue weighted by molar-refractivity contribution is -0.118. The third-order valence-corrected chi connectivity index (χ3v) is 3.93. The Kier molecular flexibility index (Phi) is 3.25. The fourth-order valence-corrected chi connectivity index (χ4v) is 1.99. The molecule has 0 aliphatic heterocycles. The number of hydrogen-bond acceptors (Lipinski definition) is 3. The van der Waals surface area contributed by atoms with E-state index in [1.54, 1.807) is 13.2 Å². The minimum absolute atomic E-state index is 0.177. The molecule has 0 saturated heterocycles. The van der Waals surface area contributed by atoms with Crippen LogP contribution in [-0.2, 0) is 4.79 Å². The molecule has 1 aromatic rings. The van der Waals surface area contributed by atoms with Gasteiger partial charge in [-0.1, -0.05) is 11.6 Å². The number of aryl methyl sites for hydroxylation is 1. The summed E-state index contributed by atoms with van der Waals surface area (Å²) in [7, 11) is 1.56. The molecule has 0 atom stereocenters. The Morgan fingerprint density at radius 2 is 2.11 bits per heavy atom. The quantitative estimate of drug-likeness (QED) is 0.885. The number of hydrogen-bond donors (Lipinski definition) is 2. The van der Waals surface area contributed by atoms with Gasteiger partial charge in [0.25, 0.3) is 0 Å². The van der Waals surface area contributed by atoms with Crippen LogP contribution in [0.4, 0.5) is 5.69 Å². The predicted octanol–water partition coefficient (Wildman–Crippen LogP) is 2.40. The van der Waals surface area contributed by atoms with Crippen LogP contribution in [0.3, 0.4) is 0 Å². The van der Waals surface area contributed by atoms with Crippen molar-refractivity contribution in [3.05, 3.63) is 22.2 Å². The van der Waals surface area contributed by atoms with Crippen LogP contribution in [0, 0.1) is 13.8 Å². The number of carbonyl (C=O) groups excluding carboxylic acids is 1. The number of halogens is 1. The first-order valence-electron chi connectivity index (χ1n) is 5.83. The van der Waals surface area contributed by atoms with Crippen molar-refractivity contribution in [3.8, 4) is 5.75 Å². The number of methoxy groups -OCH3 is 1. The lowest BCUT2D eigenvalue weighted by Crippen LogP contribution is -2.38. The van der Waals surface area contributed by atoms with Crippen LogP contribution >= 0.6 is 11.6 Å². The summed E-state index contributed by atoms with van der Waals surface area (Å²) in [6.45, 7) is 3.75. The van der Waals surface area contributed by atoms with Crippen LogP contribution in [0.15, 0.2) is 6.07 Å². The maximum atomic E-state index is 12.0. The summed E-state index contributed by atoms with van der Waals surface area (Å²) in [5.74, 6) is 0.427. The fraction of sp³-hybridized carbons (Fsp3) is 0.462. The van der Waals surface area contributed by atoms with Gasteiger partial charge in [0.05, 0.1) is 18.3 Å². The standard InChI is InChI=1S/C13H17ClN2O2/c1-7-6-9(18-3)11(8(2)10(7)14)16-12(17)13(15)4-5-13/h6H,4-5,15H2,1-3H3,(H,16,17). The molecule has 1 aliphatic carbocycles. The minimum Gasteiger partial charge on any atom is -0.495 e. The van der Waals surface area contributed by atoms with Gasteiger partial charge in [0.2, 0.25) is 5.91 Å². The van der Waals surface area contributed by atoms with Crippen LogP contribution < -0.4 is 15.8 Å². The molecule has 1 fully saturated rings. The van der Waals surface area contributed by atoms with Crippen molar-refractivity contribution in [2.75, 3.05) is 12.4 Å². The van der Waals surface area contributed by atoms with Gasteiger partial charge < -0.3 is 15.8 Å². The molecule has 0 unspecified atom stereocenters. The second-order valence-corrected chi connectivity index (χ2v) is 5.20. The lowest BCUT2D eigenvalue weighted by Gasteiger charge is -2.17. The average molecular weight is 269 g/mol. The molecule has 18 heavy (non-hydrogen) atoms. The molecular formula is C13H17ClN2O2. The van der Waals surface area contributed by atoms with E-state index in [0.717, 1.165) is 24.0 Å². The maximum Gasteiger partial charge on any atom is 0.244 e. The summed E-state index contributed by atoms with van der Waals surface area (Å²) in [6, 6.07) is 1.81. The maximum absolute atomic E-state index is 12.0. The van der Waals surface area contributed by atoms with E-state index < -0.39 is 5.54 Å². The summed E-state index contributed by atoms with van der Waals surface area (Å²) < 4.78 is 5.28. The van der Waals surface area contributed by atoms with Crippen molar-refractivity contribution >= 4 is 23.2 Å². The van der Waals surface area contributed by atoms with E-state index in [1.807, 2.05) is 13.8 Å². The topological polar surface area (TPSA) is 64.3 Å². The van der Waals surface area contributed by atoms with Crippen LogP contribution in [0.1, 0.15) is 24.0 Å². The zero-order valence-corrected chi connectivity index (χ0v) is 11.5. The fourth-order valence-electron chi connectivity index (χ4n) is 1.84. The van der Waals surface area contributed by atoms with E-state index in [-0.39, 0.29) is 5.91 Å². The Balaban J connectivity index is 2.37. The molecule has 1 amide bonds. The number of amides is 1. The molecule has 0 bridgehead atoms. The molecule has 0 heterocycles. The molecule has 98 valence electrons. The third-order valence-electron chi connectivity index (χ3n) is 3.34. The predicted molar refractivity (Wildman–Crippen MR) is 72.3 cm³/mol. The highest BCUT2D eigenvalue weighted by Crippen LogP contribution is 2.38. The largest absolute Gasteiger partial charge is 0.495 e. The number of ether oxygens (including phenoxy) is 1. The first-order chi connectivity index (χ1) is 8.39. The van der Waals surface area contributed by atoms with E-state index in [9.17, 15) is 4.79 Å². The molecule has 1 aliphatic rings. The molecule has 3 N–H and O–H groups in total. The van der Waals surface area contributed by atoms with Gasteiger partial charge in [-0.05, 0) is 43.9 Å². The number of nitrogens with one attached hydrogen (secondary N) is 1. The number of nitrogens with two attached hydrogens (primary N) is 1. The number of rotatable bonds is 3. The van der Waals surface area contributed by atoms with Crippen molar-refractivity contribution in [2.45, 2.75) is 32.2 Å². The van der Waals surface area contributed by atoms with E-state index in [1.165, 1.54) is 0 Å². The summed E-state index contributed by atoms with van der Waals surface area (Å²) in [6.07, 6.45) is 1.44. The van der Waals surface area contributed by atoms with Gasteiger partial charge in [-0.3, -0.25) is 4.79 Å². The van der Waals surface area contributed by atoms with Crippen molar-refractivity contribution in [1.82, 2.24) is 0 Å². The van der Waals surface area contributed by atoms with Gasteiger partial charge in [-0.2, -0.15) is 0 Å². The van der Waals surface area contributed by atoms with Crippen LogP contribution in [-0.4, -0.2) is 18.6 Å². The molecule has 0 radical (unpaired) electrons. The van der Waals surface area contributed by atoms with Crippen LogP contribution in [0.2, 0.25) is 5.02 Å². The van der Waals surface area contributed by atoms with Gasteiger partial charge >= 0.3 is 0 Å². The molecule has 1 saturated carbocycles. The molecule has 2 rings (SSSR count). The zero-order chi connectivity index (χ0) is 13.5. The second-order valence-electron chi connectivity index (χ2n) is 4.82. The van der Waals surface area contributed by atoms with Crippen LogP contribution in [0.25, 0.3) is 0 Å². The van der Waals surface area contributed by atoms with Crippen molar-refractivity contribution < 1.29 is 9.53 Å². The van der Waals surface area contributed by atoms with E-state index in [2.05, 4.69) is 5.32 Å². The summed E-state index contributed by atoms with van der Waals surface area (Å²) in [5.41, 5.74) is 7.47. The highest BCUT2D eigenvalue weighted by Gasteiger charge is 2.46. The van der Waals surface area contributed by atoms with Gasteiger partial charge in [0, 0.05) is 5.02 Å². The van der Waals surface area contributed by atoms with Gasteiger partial charge in [-0.15, -0.1) is 0 Å². The van der Waals surface area contributed by atoms with E-state index in [4.69, 9.17) is 22.1 Å². The third kappa shape index (κ3) is 2.18. The number of benzene rings is 1. The highest BCUT2D eigenvalue weighted by molar-refractivity contribution is 6.32. The van der Waals surface area contributed by atoms with Crippen molar-refractivity contribution in [3.63, 3.8) is 0 Å². The van der Waals surface area contributed by atoms with Gasteiger partial charge in [0.1, 0.15) is 5.75 Å². The Morgan fingerprint density at radius 3 is 2.61 bits per heavy atom. The van der Waals surface area contributed by atoms with Gasteiger partial charge in [-0.25, -0.2) is 0 Å². The Bertz CT molecular complexity index is 510. The SMILES string of the molecule is COc1cc(C)c(Cl)c(C)c1NC(=O)C1(N)CC1. The van der Waals surface area contributed by atoms with Crippen molar-refractivity contribution in [2.24, 2.45) is 5.73 Å². The first-order valence-corrected chi connectivity index (χ1v) is 6.21. The highest BCUT2D eigenvalue weighted by atomic mass is 35.5. The first kappa shape index (κ1) is 13.2. The monoisotopic (exact) mass is 268 g/mol. The van der Waals surface area contributed by atoms with Crippen LogP contribution in [0.5, 0.6) is 5.75 Å². The Labute approximate surface area is 111 Å². The van der Waals surface area contributed by atoms with E-state index in [0.29, 0.717) is 16.5 Å². The number of carbonyl (C=O) groups is 1. The minimum atomic E-state index is -0.713. The molecule has 5 heteroatoms. The number of anilines is 1. The van der Waals surface area contributed by atoms with E-state index >= 15 is 0 Å². The summed E-state index contributed by atoms with van der Waals surface area (Å²) in [4.78, 5) is 12.0. The van der Waals surface area contributed by atoms with Gasteiger partial charge in [0.15, 0.2) is 0 Å². The lowest BCUT2D eigenvalue weighted by atomic mass is 10.1. The Hall–Kier alpha value is -1.26. The molecule has 0 spiro atoms. The average Bonchev–Trinajstić information content (AvgIpc) is 3.09. The summed E-state index contributed by atoms with van der Waals surface area (Å²) in [5, 5.41) is 3.46.